The molecule has 0 unspecified atom stereocenters. The highest BCUT2D eigenvalue weighted by Crippen LogP contribution is 2.31. The van der Waals surface area contributed by atoms with E-state index in [4.69, 9.17) is 13.6 Å². The Labute approximate surface area is 160 Å². The third-order valence-electron chi connectivity index (χ3n) is 4.16. The summed E-state index contributed by atoms with van der Waals surface area (Å²) in [7, 11) is 0. The average Bonchev–Trinajstić information content (AvgIpc) is 3.22. The van der Waals surface area contributed by atoms with E-state index in [0.717, 1.165) is 5.56 Å². The molecule has 2 aromatic carbocycles. The summed E-state index contributed by atoms with van der Waals surface area (Å²) in [5.41, 5.74) is 1.66. The highest BCUT2D eigenvalue weighted by molar-refractivity contribution is 5.92. The monoisotopic (exact) mass is 375 g/mol. The lowest BCUT2D eigenvalue weighted by Crippen LogP contribution is -2.22. The molecule has 0 fully saturated rings. The number of fused-ring (bicyclic) bond motifs is 1. The van der Waals surface area contributed by atoms with Gasteiger partial charge in [0.25, 0.3) is 5.91 Å². The van der Waals surface area contributed by atoms with E-state index in [1.807, 2.05) is 31.2 Å². The van der Waals surface area contributed by atoms with Crippen LogP contribution in [-0.4, -0.2) is 12.5 Å². The van der Waals surface area contributed by atoms with Crippen molar-refractivity contribution in [1.82, 2.24) is 0 Å². The van der Waals surface area contributed by atoms with Crippen LogP contribution in [0.25, 0.3) is 22.5 Å². The van der Waals surface area contributed by atoms with Gasteiger partial charge in [-0.05, 0) is 48.9 Å². The largest absolute Gasteiger partial charge is 0.476 e. The maximum Gasteiger partial charge on any atom is 0.262 e. The molecule has 0 spiro atoms. The van der Waals surface area contributed by atoms with Crippen molar-refractivity contribution in [3.05, 3.63) is 82.7 Å². The summed E-state index contributed by atoms with van der Waals surface area (Å²) in [6.45, 7) is 1.56. The molecule has 4 rings (SSSR count). The van der Waals surface area contributed by atoms with Crippen LogP contribution < -0.4 is 15.5 Å². The number of hydrogen-bond donors (Lipinski definition) is 1. The van der Waals surface area contributed by atoms with Gasteiger partial charge >= 0.3 is 0 Å². The van der Waals surface area contributed by atoms with E-state index < -0.39 is 0 Å². The molecule has 0 atom stereocenters. The Kier molecular flexibility index (Phi) is 4.68. The normalized spacial score (nSPS) is 10.8. The highest BCUT2D eigenvalue weighted by atomic mass is 16.5. The van der Waals surface area contributed by atoms with Gasteiger partial charge in [-0.1, -0.05) is 24.3 Å². The van der Waals surface area contributed by atoms with Crippen LogP contribution in [0.2, 0.25) is 0 Å². The Bertz CT molecular complexity index is 1180. The number of carbonyl (C=O) groups is 1. The molecule has 4 aromatic rings. The van der Waals surface area contributed by atoms with Gasteiger partial charge in [0.15, 0.2) is 12.4 Å². The second-order valence-corrected chi connectivity index (χ2v) is 6.27. The van der Waals surface area contributed by atoms with E-state index in [0.29, 0.717) is 22.4 Å². The van der Waals surface area contributed by atoms with Crippen LogP contribution in [0.3, 0.4) is 0 Å². The van der Waals surface area contributed by atoms with Crippen LogP contribution in [0.1, 0.15) is 5.56 Å². The standard InChI is InChI=1S/C22H17NO5/c1-14-9-10-16-18(12-14)28-21(17-8-5-11-26-17)22(20(16)25)27-13-19(24)23-15-6-3-2-4-7-15/h2-12H,13H2,1H3,(H,23,24). The summed E-state index contributed by atoms with van der Waals surface area (Å²) < 4.78 is 16.9. The van der Waals surface area contributed by atoms with E-state index in [9.17, 15) is 9.59 Å². The zero-order valence-electron chi connectivity index (χ0n) is 15.1. The second kappa shape index (κ2) is 7.44. The number of anilines is 1. The van der Waals surface area contributed by atoms with Gasteiger partial charge in [-0.2, -0.15) is 0 Å². The fraction of sp³-hybridized carbons (Fsp3) is 0.0909. The van der Waals surface area contributed by atoms with Crippen LogP contribution >= 0.6 is 0 Å². The molecule has 1 amide bonds. The predicted molar refractivity (Wildman–Crippen MR) is 105 cm³/mol. The maximum absolute atomic E-state index is 13.0. The van der Waals surface area contributed by atoms with Gasteiger partial charge in [0.05, 0.1) is 11.6 Å². The SMILES string of the molecule is Cc1ccc2c(=O)c(OCC(=O)Nc3ccccc3)c(-c3ccco3)oc2c1. The number of furan rings is 1. The summed E-state index contributed by atoms with van der Waals surface area (Å²) in [5, 5.41) is 3.08. The van der Waals surface area contributed by atoms with Gasteiger partial charge in [0.2, 0.25) is 16.9 Å². The van der Waals surface area contributed by atoms with Crippen molar-refractivity contribution in [3.8, 4) is 17.3 Å². The molecular weight excluding hydrogens is 358 g/mol. The first-order valence-corrected chi connectivity index (χ1v) is 8.71. The third kappa shape index (κ3) is 3.53. The Morgan fingerprint density at radius 2 is 1.89 bits per heavy atom. The topological polar surface area (TPSA) is 81.7 Å². The minimum Gasteiger partial charge on any atom is -0.476 e. The summed E-state index contributed by atoms with van der Waals surface area (Å²) in [5.74, 6) is 0.0501. The molecule has 0 aliphatic carbocycles. The number of rotatable bonds is 5. The van der Waals surface area contributed by atoms with Crippen molar-refractivity contribution >= 4 is 22.6 Å². The Morgan fingerprint density at radius 1 is 1.07 bits per heavy atom. The van der Waals surface area contributed by atoms with Gasteiger partial charge in [-0.25, -0.2) is 0 Å². The molecule has 0 radical (unpaired) electrons. The summed E-state index contributed by atoms with van der Waals surface area (Å²) in [6, 6.07) is 17.6. The molecule has 0 saturated carbocycles. The zero-order chi connectivity index (χ0) is 19.5. The fourth-order valence-corrected chi connectivity index (χ4v) is 2.84. The number of ether oxygens (including phenoxy) is 1. The first kappa shape index (κ1) is 17.6. The van der Waals surface area contributed by atoms with Crippen molar-refractivity contribution in [2.24, 2.45) is 0 Å². The van der Waals surface area contributed by atoms with E-state index in [1.165, 1.54) is 6.26 Å². The molecule has 28 heavy (non-hydrogen) atoms. The molecule has 0 bridgehead atoms. The first-order chi connectivity index (χ1) is 13.6. The van der Waals surface area contributed by atoms with Crippen LogP contribution in [0.5, 0.6) is 5.75 Å². The summed E-state index contributed by atoms with van der Waals surface area (Å²) in [4.78, 5) is 25.2. The number of nitrogens with one attached hydrogen (secondary N) is 1. The summed E-state index contributed by atoms with van der Waals surface area (Å²) >= 11 is 0. The van der Waals surface area contributed by atoms with Crippen molar-refractivity contribution in [2.75, 3.05) is 11.9 Å². The fourth-order valence-electron chi connectivity index (χ4n) is 2.84. The van der Waals surface area contributed by atoms with Crippen molar-refractivity contribution in [1.29, 1.82) is 0 Å². The lowest BCUT2D eigenvalue weighted by atomic mass is 10.1. The van der Waals surface area contributed by atoms with E-state index in [1.54, 1.807) is 36.4 Å². The number of aryl methyl sites for hydroxylation is 1. The van der Waals surface area contributed by atoms with E-state index in [-0.39, 0.29) is 29.5 Å². The van der Waals surface area contributed by atoms with Gasteiger partial charge < -0.3 is 18.9 Å². The van der Waals surface area contributed by atoms with Gasteiger partial charge in [-0.3, -0.25) is 9.59 Å². The molecular formula is C22H17NO5. The van der Waals surface area contributed by atoms with Crippen LogP contribution in [0.15, 0.2) is 80.6 Å². The smallest absolute Gasteiger partial charge is 0.262 e. The lowest BCUT2D eigenvalue weighted by molar-refractivity contribution is -0.118. The average molecular weight is 375 g/mol. The molecule has 2 aromatic heterocycles. The zero-order valence-corrected chi connectivity index (χ0v) is 15.1. The minimum absolute atomic E-state index is 0.0606. The first-order valence-electron chi connectivity index (χ1n) is 8.71. The van der Waals surface area contributed by atoms with Gasteiger partial charge in [0, 0.05) is 5.69 Å². The molecule has 1 N–H and O–H groups in total. The molecule has 6 heteroatoms. The molecule has 2 heterocycles. The molecule has 0 aliphatic heterocycles. The minimum atomic E-state index is -0.389. The molecule has 0 aliphatic rings. The maximum atomic E-state index is 13.0. The van der Waals surface area contributed by atoms with Crippen LogP contribution in [-0.2, 0) is 4.79 Å². The molecule has 0 saturated heterocycles. The number of amides is 1. The van der Waals surface area contributed by atoms with Crippen LogP contribution in [0, 0.1) is 6.92 Å². The Hall–Kier alpha value is -3.80. The van der Waals surface area contributed by atoms with Crippen molar-refractivity contribution in [3.63, 3.8) is 0 Å². The highest BCUT2D eigenvalue weighted by Gasteiger charge is 2.20. The molecule has 6 nitrogen and oxygen atoms in total. The lowest BCUT2D eigenvalue weighted by Gasteiger charge is -2.11. The summed E-state index contributed by atoms with van der Waals surface area (Å²) in [6.07, 6.45) is 1.47. The number of benzene rings is 2. The third-order valence-corrected chi connectivity index (χ3v) is 4.16. The Morgan fingerprint density at radius 3 is 2.64 bits per heavy atom. The Balaban J connectivity index is 1.68. The number of para-hydroxylation sites is 1. The van der Waals surface area contributed by atoms with Crippen LogP contribution in [0.4, 0.5) is 5.69 Å². The van der Waals surface area contributed by atoms with Crippen molar-refractivity contribution in [2.45, 2.75) is 6.92 Å². The van der Waals surface area contributed by atoms with E-state index in [2.05, 4.69) is 5.32 Å². The van der Waals surface area contributed by atoms with Crippen molar-refractivity contribution < 1.29 is 18.4 Å². The van der Waals surface area contributed by atoms with Gasteiger partial charge in [0.1, 0.15) is 5.58 Å². The number of hydrogen-bond acceptors (Lipinski definition) is 5. The molecule has 140 valence electrons. The number of carbonyl (C=O) groups excluding carboxylic acids is 1. The predicted octanol–water partition coefficient (Wildman–Crippen LogP) is 4.38. The quantitative estimate of drug-likeness (QED) is 0.560. The second-order valence-electron chi connectivity index (χ2n) is 6.27. The van der Waals surface area contributed by atoms with E-state index >= 15 is 0 Å². The van der Waals surface area contributed by atoms with Gasteiger partial charge in [-0.15, -0.1) is 0 Å².